The average Bonchev–Trinajstić information content (AvgIpc) is 3.12. The molecule has 0 amide bonds. The maximum atomic E-state index is 12.7. The lowest BCUT2D eigenvalue weighted by Crippen LogP contribution is -2.37. The van der Waals surface area contributed by atoms with Crippen molar-refractivity contribution < 1.29 is 37.3 Å². The minimum atomic E-state index is -4.53. The molecule has 0 N–H and O–H groups in total. The van der Waals surface area contributed by atoms with Gasteiger partial charge >= 0.3 is 5.97 Å². The molecule has 0 aliphatic rings. The molecular formula is C45H82NO7P. The summed E-state index contributed by atoms with van der Waals surface area (Å²) in [7, 11) is 1.33. The van der Waals surface area contributed by atoms with Gasteiger partial charge in [0.15, 0.2) is 0 Å². The summed E-state index contributed by atoms with van der Waals surface area (Å²) in [6, 6.07) is 0. The fraction of sp³-hybridized carbons (Fsp3) is 0.756. The molecule has 2 unspecified atom stereocenters. The normalized spacial score (nSPS) is 14.4. The van der Waals surface area contributed by atoms with Gasteiger partial charge in [0.05, 0.1) is 34.4 Å². The van der Waals surface area contributed by atoms with Crippen LogP contribution in [-0.4, -0.2) is 70.7 Å². The van der Waals surface area contributed by atoms with Crippen molar-refractivity contribution in [1.29, 1.82) is 0 Å². The fourth-order valence-corrected chi connectivity index (χ4v) is 6.19. The molecule has 54 heavy (non-hydrogen) atoms. The van der Waals surface area contributed by atoms with Crippen molar-refractivity contribution in [3.05, 3.63) is 60.8 Å². The fourth-order valence-electron chi connectivity index (χ4n) is 5.46. The zero-order chi connectivity index (χ0) is 39.9. The number of quaternary nitrogens is 1. The Labute approximate surface area is 332 Å². The van der Waals surface area contributed by atoms with Gasteiger partial charge in [-0.2, -0.15) is 0 Å². The Kier molecular flexibility index (Phi) is 36.8. The summed E-state index contributed by atoms with van der Waals surface area (Å²) < 4.78 is 34.5. The van der Waals surface area contributed by atoms with E-state index in [0.717, 1.165) is 77.0 Å². The Morgan fingerprint density at radius 1 is 0.593 bits per heavy atom. The van der Waals surface area contributed by atoms with E-state index >= 15 is 0 Å². The number of phosphoric ester groups is 1. The highest BCUT2D eigenvalue weighted by Gasteiger charge is 2.20. The predicted octanol–water partition coefficient (Wildman–Crippen LogP) is 11.9. The van der Waals surface area contributed by atoms with Gasteiger partial charge in [0, 0.05) is 13.0 Å². The second-order valence-electron chi connectivity index (χ2n) is 15.3. The van der Waals surface area contributed by atoms with Crippen LogP contribution in [0.3, 0.4) is 0 Å². The zero-order valence-corrected chi connectivity index (χ0v) is 36.3. The Bertz CT molecular complexity index is 1050. The van der Waals surface area contributed by atoms with Crippen molar-refractivity contribution in [3.8, 4) is 0 Å². The van der Waals surface area contributed by atoms with Gasteiger partial charge in [-0.25, -0.2) is 0 Å². The van der Waals surface area contributed by atoms with Gasteiger partial charge in [0.25, 0.3) is 7.82 Å². The molecule has 9 heteroatoms. The molecular weight excluding hydrogens is 697 g/mol. The van der Waals surface area contributed by atoms with Crippen molar-refractivity contribution in [2.24, 2.45) is 0 Å². The van der Waals surface area contributed by atoms with Gasteiger partial charge in [0.1, 0.15) is 19.3 Å². The van der Waals surface area contributed by atoms with Crippen LogP contribution >= 0.6 is 7.82 Å². The first-order chi connectivity index (χ1) is 26.1. The molecule has 0 aliphatic carbocycles. The molecule has 8 nitrogen and oxygen atoms in total. The van der Waals surface area contributed by atoms with Crippen LogP contribution in [-0.2, 0) is 27.9 Å². The summed E-state index contributed by atoms with van der Waals surface area (Å²) in [5.41, 5.74) is 0. The highest BCUT2D eigenvalue weighted by Crippen LogP contribution is 2.38. The van der Waals surface area contributed by atoms with Crippen LogP contribution in [0, 0.1) is 0 Å². The molecule has 314 valence electrons. The Morgan fingerprint density at radius 2 is 1.07 bits per heavy atom. The first-order valence-corrected chi connectivity index (χ1v) is 23.0. The number of esters is 1. The SMILES string of the molecule is CC/C=C\C/C=C\C/C=C\CCCCCCCCCC(=O)OC(COCCCCCCCC/C=C\C/C=C\CCCC)COP(=O)([O-])OCC[N+](C)(C)C. The average molecular weight is 780 g/mol. The van der Waals surface area contributed by atoms with E-state index in [1.807, 2.05) is 21.1 Å². The van der Waals surface area contributed by atoms with E-state index in [1.54, 1.807) is 0 Å². The minimum Gasteiger partial charge on any atom is -0.756 e. The monoisotopic (exact) mass is 780 g/mol. The summed E-state index contributed by atoms with van der Waals surface area (Å²) in [5, 5.41) is 0. The van der Waals surface area contributed by atoms with Crippen LogP contribution in [0.15, 0.2) is 60.8 Å². The molecule has 2 atom stereocenters. The molecule has 0 heterocycles. The number of unbranched alkanes of at least 4 members (excludes halogenated alkanes) is 15. The first kappa shape index (κ1) is 52.2. The highest BCUT2D eigenvalue weighted by atomic mass is 31.2. The number of hydrogen-bond donors (Lipinski definition) is 0. The Hall–Kier alpha value is -1.80. The van der Waals surface area contributed by atoms with Crippen LogP contribution in [0.2, 0.25) is 0 Å². The van der Waals surface area contributed by atoms with Crippen molar-refractivity contribution in [2.75, 3.05) is 54.1 Å². The van der Waals surface area contributed by atoms with Crippen LogP contribution in [0.4, 0.5) is 0 Å². The van der Waals surface area contributed by atoms with Crippen molar-refractivity contribution >= 4 is 13.8 Å². The molecule has 0 aliphatic heterocycles. The molecule has 0 fully saturated rings. The van der Waals surface area contributed by atoms with E-state index in [0.29, 0.717) is 24.1 Å². The number of allylic oxidation sites excluding steroid dienone is 10. The van der Waals surface area contributed by atoms with Gasteiger partial charge in [0.2, 0.25) is 0 Å². The highest BCUT2D eigenvalue weighted by molar-refractivity contribution is 7.45. The summed E-state index contributed by atoms with van der Waals surface area (Å²) in [4.78, 5) is 25.0. The number of likely N-dealkylation sites (N-methyl/N-ethyl adjacent to an activating group) is 1. The summed E-state index contributed by atoms with van der Waals surface area (Å²) in [6.45, 7) is 5.21. The van der Waals surface area contributed by atoms with Gasteiger partial charge in [-0.15, -0.1) is 0 Å². The van der Waals surface area contributed by atoms with E-state index in [-0.39, 0.29) is 25.8 Å². The number of rotatable bonds is 39. The molecule has 0 spiro atoms. The lowest BCUT2D eigenvalue weighted by atomic mass is 10.1. The second kappa shape index (κ2) is 38.1. The maximum absolute atomic E-state index is 12.7. The van der Waals surface area contributed by atoms with Crippen LogP contribution in [0.1, 0.15) is 162 Å². The lowest BCUT2D eigenvalue weighted by Gasteiger charge is -2.28. The van der Waals surface area contributed by atoms with Gasteiger partial charge in [-0.3, -0.25) is 9.36 Å². The maximum Gasteiger partial charge on any atom is 0.306 e. The summed E-state index contributed by atoms with van der Waals surface area (Å²) >= 11 is 0. The molecule has 0 rings (SSSR count). The Morgan fingerprint density at radius 3 is 1.61 bits per heavy atom. The number of phosphoric acid groups is 1. The number of hydrogen-bond acceptors (Lipinski definition) is 7. The van der Waals surface area contributed by atoms with Crippen LogP contribution in [0.25, 0.3) is 0 Å². The Balaban J connectivity index is 4.29. The molecule has 0 radical (unpaired) electrons. The van der Waals surface area contributed by atoms with Crippen molar-refractivity contribution in [2.45, 2.75) is 168 Å². The summed E-state index contributed by atoms with van der Waals surface area (Å²) in [5.74, 6) is -0.351. The van der Waals surface area contributed by atoms with E-state index in [2.05, 4.69) is 74.6 Å². The van der Waals surface area contributed by atoms with Gasteiger partial charge in [-0.1, -0.05) is 145 Å². The zero-order valence-electron chi connectivity index (χ0n) is 35.4. The molecule has 0 saturated heterocycles. The smallest absolute Gasteiger partial charge is 0.306 e. The first-order valence-electron chi connectivity index (χ1n) is 21.5. The molecule has 0 saturated carbocycles. The molecule has 0 aromatic rings. The number of carbonyl (C=O) groups excluding carboxylic acids is 1. The minimum absolute atomic E-state index is 0.0191. The third-order valence-electron chi connectivity index (χ3n) is 8.80. The number of nitrogens with zero attached hydrogens (tertiary/aromatic N) is 1. The molecule has 0 bridgehead atoms. The second-order valence-corrected chi connectivity index (χ2v) is 16.7. The predicted molar refractivity (Wildman–Crippen MR) is 226 cm³/mol. The molecule has 0 aromatic carbocycles. The topological polar surface area (TPSA) is 94.1 Å². The van der Waals surface area contributed by atoms with Crippen LogP contribution < -0.4 is 4.89 Å². The standard InChI is InChI=1S/C45H82NO7P/c1-6-8-10-12-14-16-18-20-22-23-24-26-28-30-32-34-36-38-45(47)53-44(43-52-54(48,49)51-41-39-46(3,4)5)42-50-40-37-35-33-31-29-27-25-21-19-17-15-13-11-9-7-2/h8,10,13-16,19-22,44H,6-7,9,11-12,17-18,23-43H2,1-5H3/b10-8-,15-13-,16-14-,21-19-,22-20-. The van der Waals surface area contributed by atoms with Crippen molar-refractivity contribution in [1.82, 2.24) is 0 Å². The number of carbonyl (C=O) groups is 1. The van der Waals surface area contributed by atoms with E-state index in [4.69, 9.17) is 18.5 Å². The van der Waals surface area contributed by atoms with Crippen LogP contribution in [0.5, 0.6) is 0 Å². The van der Waals surface area contributed by atoms with E-state index in [1.165, 1.54) is 64.2 Å². The van der Waals surface area contributed by atoms with E-state index in [9.17, 15) is 14.3 Å². The third kappa shape index (κ3) is 41.4. The largest absolute Gasteiger partial charge is 0.756 e. The van der Waals surface area contributed by atoms with Crippen molar-refractivity contribution in [3.63, 3.8) is 0 Å². The molecule has 0 aromatic heterocycles. The number of ether oxygens (including phenoxy) is 2. The van der Waals surface area contributed by atoms with Gasteiger partial charge in [-0.05, 0) is 70.6 Å². The lowest BCUT2D eigenvalue weighted by molar-refractivity contribution is -0.870. The quantitative estimate of drug-likeness (QED) is 0.0202. The third-order valence-corrected chi connectivity index (χ3v) is 9.77. The summed E-state index contributed by atoms with van der Waals surface area (Å²) in [6.07, 6.45) is 46.5. The van der Waals surface area contributed by atoms with Gasteiger partial charge < -0.3 is 27.9 Å². The van der Waals surface area contributed by atoms with E-state index < -0.39 is 13.9 Å².